The molecule has 3 aromatic carbocycles. The van der Waals surface area contributed by atoms with E-state index in [0.29, 0.717) is 45.2 Å². The van der Waals surface area contributed by atoms with E-state index in [-0.39, 0.29) is 54.6 Å². The number of hydrogen-bond donors (Lipinski definition) is 5. The molecule has 6 N–H and O–H groups in total. The van der Waals surface area contributed by atoms with Crippen molar-refractivity contribution >= 4 is 62.5 Å². The molecule has 0 aliphatic rings. The van der Waals surface area contributed by atoms with Crippen LogP contribution in [0.2, 0.25) is 0 Å². The molecule has 0 bridgehead atoms. The molecule has 0 atom stereocenters. The van der Waals surface area contributed by atoms with E-state index in [9.17, 15) is 19.2 Å². The second kappa shape index (κ2) is 15.4. The molecule has 4 heterocycles. The lowest BCUT2D eigenvalue weighted by Crippen LogP contribution is -2.35. The Morgan fingerprint density at radius 1 is 0.887 bits per heavy atom. The van der Waals surface area contributed by atoms with Gasteiger partial charge in [-0.1, -0.05) is 73.6 Å². The third-order valence-electron chi connectivity index (χ3n) is 8.49. The highest BCUT2D eigenvalue weighted by molar-refractivity contribution is 7.99. The lowest BCUT2D eigenvalue weighted by molar-refractivity contribution is -0.118. The molecule has 4 aromatic heterocycles. The van der Waals surface area contributed by atoms with Gasteiger partial charge in [-0.15, -0.1) is 0 Å². The second-order valence-corrected chi connectivity index (χ2v) is 13.1. The zero-order valence-electron chi connectivity index (χ0n) is 28.7. The van der Waals surface area contributed by atoms with Crippen LogP contribution in [0, 0.1) is 0 Å². The number of imidazole rings is 1. The summed E-state index contributed by atoms with van der Waals surface area (Å²) in [7, 11) is 0. The van der Waals surface area contributed by atoms with E-state index in [4.69, 9.17) is 15.5 Å². The Hall–Kier alpha value is -6.42. The molecule has 7 rings (SSSR count). The summed E-state index contributed by atoms with van der Waals surface area (Å²) in [5, 5.41) is 6.83. The van der Waals surface area contributed by atoms with Crippen LogP contribution in [0.4, 0.5) is 5.82 Å². The molecule has 53 heavy (non-hydrogen) atoms. The highest BCUT2D eigenvalue weighted by Gasteiger charge is 2.19. The van der Waals surface area contributed by atoms with Crippen molar-refractivity contribution in [3.8, 4) is 11.7 Å². The maximum absolute atomic E-state index is 13.7. The van der Waals surface area contributed by atoms with Gasteiger partial charge in [0, 0.05) is 29.6 Å². The minimum Gasteiger partial charge on any atom is -0.463 e. The normalized spacial score (nSPS) is 11.3. The minimum atomic E-state index is -0.397. The molecule has 0 unspecified atom stereocenters. The van der Waals surface area contributed by atoms with Crippen molar-refractivity contribution in [2.45, 2.75) is 31.5 Å². The number of nitrogens with two attached hydrogens (primary N) is 1. The van der Waals surface area contributed by atoms with Crippen molar-refractivity contribution in [2.24, 2.45) is 0 Å². The third kappa shape index (κ3) is 7.48. The van der Waals surface area contributed by atoms with Crippen molar-refractivity contribution in [3.63, 3.8) is 0 Å². The maximum atomic E-state index is 13.7. The quantitative estimate of drug-likeness (QED) is 0.0622. The van der Waals surface area contributed by atoms with E-state index in [1.165, 1.54) is 9.13 Å². The van der Waals surface area contributed by atoms with Gasteiger partial charge in [0.25, 0.3) is 11.5 Å². The molecule has 0 saturated carbocycles. The average molecular weight is 733 g/mol. The Morgan fingerprint density at radius 2 is 1.64 bits per heavy atom. The number of aromatic amines is 2. The summed E-state index contributed by atoms with van der Waals surface area (Å²) in [5.74, 6) is -0.468. The van der Waals surface area contributed by atoms with Crippen LogP contribution in [-0.2, 0) is 11.3 Å². The molecular weight excluding hydrogens is 697 g/mol. The summed E-state index contributed by atoms with van der Waals surface area (Å²) in [6.45, 7) is 3.05. The van der Waals surface area contributed by atoms with Gasteiger partial charge in [0.15, 0.2) is 16.6 Å². The van der Waals surface area contributed by atoms with Crippen LogP contribution in [0.3, 0.4) is 0 Å². The molecular formula is C37H36N10O5S. The first-order valence-corrected chi connectivity index (χ1v) is 18.0. The van der Waals surface area contributed by atoms with E-state index in [2.05, 4.69) is 30.6 Å². The van der Waals surface area contributed by atoms with Crippen LogP contribution in [0.25, 0.3) is 38.8 Å². The number of aromatic nitrogens is 7. The fourth-order valence-electron chi connectivity index (χ4n) is 5.80. The smallest absolute Gasteiger partial charge is 0.328 e. The highest BCUT2D eigenvalue weighted by Crippen LogP contribution is 2.26. The van der Waals surface area contributed by atoms with Crippen molar-refractivity contribution in [2.75, 3.05) is 31.2 Å². The number of amides is 2. The number of hydrogen-bond acceptors (Lipinski definition) is 10. The Morgan fingerprint density at radius 3 is 2.43 bits per heavy atom. The molecule has 0 aliphatic carbocycles. The third-order valence-corrected chi connectivity index (χ3v) is 9.43. The van der Waals surface area contributed by atoms with Gasteiger partial charge >= 0.3 is 11.7 Å². The van der Waals surface area contributed by atoms with Crippen LogP contribution in [0.15, 0.2) is 93.6 Å². The zero-order chi connectivity index (χ0) is 36.9. The number of carbonyl (C=O) groups excluding carboxylic acids is 2. The number of carbonyl (C=O) groups is 2. The molecule has 15 nitrogen and oxygen atoms in total. The summed E-state index contributed by atoms with van der Waals surface area (Å²) in [5.41, 5.74) is 9.61. The summed E-state index contributed by atoms with van der Waals surface area (Å²) < 4.78 is 8.55. The van der Waals surface area contributed by atoms with Gasteiger partial charge in [0.1, 0.15) is 16.6 Å². The van der Waals surface area contributed by atoms with Crippen LogP contribution < -0.4 is 32.4 Å². The van der Waals surface area contributed by atoms with Gasteiger partial charge < -0.3 is 31.1 Å². The largest absolute Gasteiger partial charge is 0.463 e. The molecule has 7 aromatic rings. The number of benzene rings is 3. The number of ether oxygens (including phenoxy) is 1. The fraction of sp³-hybridized carbons (Fsp3) is 0.216. The van der Waals surface area contributed by atoms with E-state index < -0.39 is 5.69 Å². The number of fused-ring (bicyclic) bond motifs is 4. The SMILES string of the molecule is CCCCOc1nc(N)c2[nH]c(=O)n(Cc3ccc(C(=O)NCCNC(=O)CSc4nc5c([nH]c6ccccc65)c(=O)n4-c4ccccc4)cc3)c2n1. The van der Waals surface area contributed by atoms with E-state index in [0.717, 1.165) is 41.1 Å². The van der Waals surface area contributed by atoms with Crippen LogP contribution in [0.1, 0.15) is 35.7 Å². The topological polar surface area (TPSA) is 208 Å². The average Bonchev–Trinajstić information content (AvgIpc) is 3.70. The molecule has 0 spiro atoms. The molecule has 0 fully saturated rings. The van der Waals surface area contributed by atoms with Gasteiger partial charge in [-0.25, -0.2) is 9.78 Å². The lowest BCUT2D eigenvalue weighted by Gasteiger charge is -2.12. The number of H-pyrrole nitrogens is 2. The van der Waals surface area contributed by atoms with Crippen LogP contribution in [-0.4, -0.2) is 71.3 Å². The van der Waals surface area contributed by atoms with Gasteiger partial charge in [0.05, 0.1) is 24.6 Å². The predicted molar refractivity (Wildman–Crippen MR) is 204 cm³/mol. The van der Waals surface area contributed by atoms with Crippen molar-refractivity contribution in [1.82, 2.24) is 44.7 Å². The first kappa shape index (κ1) is 35.0. The van der Waals surface area contributed by atoms with Crippen LogP contribution >= 0.6 is 11.8 Å². The number of para-hydroxylation sites is 2. The van der Waals surface area contributed by atoms with Crippen LogP contribution in [0.5, 0.6) is 6.01 Å². The van der Waals surface area contributed by atoms with E-state index >= 15 is 0 Å². The zero-order valence-corrected chi connectivity index (χ0v) is 29.5. The Bertz CT molecular complexity index is 2560. The highest BCUT2D eigenvalue weighted by atomic mass is 32.2. The number of unbranched alkanes of at least 4 members (excludes halogenated alkanes) is 1. The molecule has 0 aliphatic heterocycles. The number of nitrogens with zero attached hydrogens (tertiary/aromatic N) is 5. The summed E-state index contributed by atoms with van der Waals surface area (Å²) in [6, 6.07) is 23.6. The van der Waals surface area contributed by atoms with E-state index in [1.54, 1.807) is 24.3 Å². The second-order valence-electron chi connectivity index (χ2n) is 12.2. The molecule has 0 saturated heterocycles. The monoisotopic (exact) mass is 732 g/mol. The van der Waals surface area contributed by atoms with E-state index in [1.807, 2.05) is 61.5 Å². The lowest BCUT2D eigenvalue weighted by atomic mass is 10.1. The van der Waals surface area contributed by atoms with Crippen molar-refractivity contribution in [3.05, 3.63) is 111 Å². The standard InChI is InChI=1S/C37H36N10O5S/c1-2-3-19-52-35-44-31(38)30-32(45-35)46(36(51)42-30)20-22-13-15-23(16-14-22)33(49)40-18-17-39-27(48)21-53-37-43-28-25-11-7-8-12-26(25)41-29(28)34(50)47(37)24-9-5-4-6-10-24/h4-16,41H,2-3,17-21H2,1H3,(H,39,48)(H,40,49)(H,42,51)(H2,38,44,45). The van der Waals surface area contributed by atoms with Gasteiger partial charge in [-0.2, -0.15) is 9.97 Å². The summed E-state index contributed by atoms with van der Waals surface area (Å²) in [4.78, 5) is 71.4. The number of nitrogen functional groups attached to an aromatic ring is 1. The number of nitrogens with one attached hydrogen (secondary N) is 4. The Labute approximate surface area is 306 Å². The molecule has 2 amide bonds. The molecule has 0 radical (unpaired) electrons. The maximum Gasteiger partial charge on any atom is 0.328 e. The first-order valence-electron chi connectivity index (χ1n) is 17.0. The number of rotatable bonds is 14. The predicted octanol–water partition coefficient (Wildman–Crippen LogP) is 3.75. The summed E-state index contributed by atoms with van der Waals surface area (Å²) in [6.07, 6.45) is 1.78. The summed E-state index contributed by atoms with van der Waals surface area (Å²) >= 11 is 1.16. The van der Waals surface area contributed by atoms with Gasteiger partial charge in [-0.3, -0.25) is 23.5 Å². The minimum absolute atomic E-state index is 0.00782. The van der Waals surface area contributed by atoms with Gasteiger partial charge in [0.2, 0.25) is 5.91 Å². The Kier molecular flexibility index (Phi) is 10.2. The molecule has 16 heteroatoms. The Balaban J connectivity index is 0.943. The number of thioether (sulfide) groups is 1. The van der Waals surface area contributed by atoms with Crippen molar-refractivity contribution < 1.29 is 14.3 Å². The fourth-order valence-corrected chi connectivity index (χ4v) is 6.63. The molecule has 270 valence electrons. The van der Waals surface area contributed by atoms with Crippen molar-refractivity contribution in [1.29, 1.82) is 0 Å². The first-order chi connectivity index (χ1) is 25.8. The number of anilines is 1. The van der Waals surface area contributed by atoms with Gasteiger partial charge in [-0.05, 0) is 42.3 Å².